The molecule has 0 atom stereocenters. The molecule has 0 saturated carbocycles. The van der Waals surface area contributed by atoms with Gasteiger partial charge in [-0.05, 0) is 31.2 Å². The van der Waals surface area contributed by atoms with E-state index in [9.17, 15) is 4.79 Å². The van der Waals surface area contributed by atoms with Gasteiger partial charge in [0.2, 0.25) is 0 Å². The number of ether oxygens (including phenoxy) is 3. The highest BCUT2D eigenvalue weighted by Gasteiger charge is 2.28. The first-order valence-corrected chi connectivity index (χ1v) is 10.5. The normalized spacial score (nSPS) is 15.2. The number of aryl methyl sites for hydroxylation is 1. The van der Waals surface area contributed by atoms with Gasteiger partial charge in [0, 0.05) is 12.6 Å². The summed E-state index contributed by atoms with van der Waals surface area (Å²) in [6, 6.07) is 15.5. The van der Waals surface area contributed by atoms with Gasteiger partial charge in [0.1, 0.15) is 29.0 Å². The van der Waals surface area contributed by atoms with Crippen molar-refractivity contribution in [1.82, 2.24) is 4.90 Å². The summed E-state index contributed by atoms with van der Waals surface area (Å²) in [7, 11) is 1.68. The van der Waals surface area contributed by atoms with E-state index in [1.54, 1.807) is 7.05 Å². The van der Waals surface area contributed by atoms with Gasteiger partial charge in [0.25, 0.3) is 5.91 Å². The summed E-state index contributed by atoms with van der Waals surface area (Å²) in [5.41, 5.74) is 2.04. The monoisotopic (exact) mass is 429 g/mol. The lowest BCUT2D eigenvalue weighted by atomic mass is 10.2. The van der Waals surface area contributed by atoms with Crippen molar-refractivity contribution in [2.75, 3.05) is 33.5 Å². The van der Waals surface area contributed by atoms with E-state index in [-0.39, 0.29) is 5.91 Å². The fraction of sp³-hybridized carbons (Fsp3) is 0.273. The molecule has 0 bridgehead atoms. The maximum atomic E-state index is 12.2. The summed E-state index contributed by atoms with van der Waals surface area (Å²) in [5.74, 6) is 1.45. The third-order valence-electron chi connectivity index (χ3n) is 4.19. The van der Waals surface area contributed by atoms with Gasteiger partial charge in [-0.3, -0.25) is 9.69 Å². The molecule has 5 nitrogen and oxygen atoms in total. The number of hydrogen-bond donors (Lipinski definition) is 0. The molecule has 1 heterocycles. The number of carbonyl (C=O) groups is 1. The van der Waals surface area contributed by atoms with Crippen LogP contribution in [-0.4, -0.2) is 48.6 Å². The lowest BCUT2D eigenvalue weighted by Crippen LogP contribution is -2.22. The molecule has 2 aromatic rings. The standard InChI is InChI=1S/C22H23NO4S2/c1-16-7-9-18(10-8-16)26-13-11-25-12-14-27-19-6-4-3-5-17(19)15-20-21(24)23(2)22(28)29-20/h3-10,15H,11-14H2,1-2H3. The van der Waals surface area contributed by atoms with E-state index in [0.29, 0.717) is 41.4 Å². The molecule has 1 saturated heterocycles. The number of likely N-dealkylation sites (N-methyl/N-ethyl adjacent to an activating group) is 1. The van der Waals surface area contributed by atoms with Crippen LogP contribution in [0.1, 0.15) is 11.1 Å². The molecule has 1 aliphatic rings. The molecule has 152 valence electrons. The molecule has 1 aliphatic heterocycles. The van der Waals surface area contributed by atoms with Crippen molar-refractivity contribution in [2.45, 2.75) is 6.92 Å². The molecule has 0 unspecified atom stereocenters. The zero-order chi connectivity index (χ0) is 20.6. The highest BCUT2D eigenvalue weighted by molar-refractivity contribution is 8.26. The zero-order valence-corrected chi connectivity index (χ0v) is 18.1. The fourth-order valence-electron chi connectivity index (χ4n) is 2.58. The number of para-hydroxylation sites is 1. The van der Waals surface area contributed by atoms with E-state index in [2.05, 4.69) is 0 Å². The number of nitrogens with zero attached hydrogens (tertiary/aromatic N) is 1. The number of thiocarbonyl (C=S) groups is 1. The van der Waals surface area contributed by atoms with Crippen molar-refractivity contribution < 1.29 is 19.0 Å². The van der Waals surface area contributed by atoms with Crippen LogP contribution in [0.15, 0.2) is 53.4 Å². The van der Waals surface area contributed by atoms with Crippen molar-refractivity contribution in [1.29, 1.82) is 0 Å². The number of amides is 1. The minimum absolute atomic E-state index is 0.0910. The number of benzene rings is 2. The third-order valence-corrected chi connectivity index (χ3v) is 5.68. The van der Waals surface area contributed by atoms with E-state index in [0.717, 1.165) is 11.3 Å². The number of hydrogen-bond acceptors (Lipinski definition) is 6. The first-order chi connectivity index (χ1) is 14.0. The average molecular weight is 430 g/mol. The molecule has 0 aliphatic carbocycles. The molecular formula is C22H23NO4S2. The van der Waals surface area contributed by atoms with Gasteiger partial charge in [0.15, 0.2) is 0 Å². The number of thioether (sulfide) groups is 1. The summed E-state index contributed by atoms with van der Waals surface area (Å²) in [4.78, 5) is 14.3. The summed E-state index contributed by atoms with van der Waals surface area (Å²) in [5, 5.41) is 0. The van der Waals surface area contributed by atoms with Crippen LogP contribution < -0.4 is 9.47 Å². The van der Waals surface area contributed by atoms with E-state index in [4.69, 9.17) is 26.4 Å². The molecule has 1 fully saturated rings. The van der Waals surface area contributed by atoms with E-state index in [1.807, 2.05) is 61.5 Å². The Labute approximate surface area is 180 Å². The zero-order valence-electron chi connectivity index (χ0n) is 16.4. The van der Waals surface area contributed by atoms with Gasteiger partial charge in [-0.25, -0.2) is 0 Å². The smallest absolute Gasteiger partial charge is 0.265 e. The predicted molar refractivity (Wildman–Crippen MR) is 120 cm³/mol. The molecule has 0 aromatic heterocycles. The maximum Gasteiger partial charge on any atom is 0.265 e. The molecular weight excluding hydrogens is 406 g/mol. The average Bonchev–Trinajstić information content (AvgIpc) is 2.96. The summed E-state index contributed by atoms with van der Waals surface area (Å²) >= 11 is 6.47. The highest BCUT2D eigenvalue weighted by atomic mass is 32.2. The van der Waals surface area contributed by atoms with Crippen molar-refractivity contribution in [2.24, 2.45) is 0 Å². The van der Waals surface area contributed by atoms with Crippen LogP contribution >= 0.6 is 24.0 Å². The minimum atomic E-state index is -0.0910. The minimum Gasteiger partial charge on any atom is -0.491 e. The van der Waals surface area contributed by atoms with E-state index < -0.39 is 0 Å². The Morgan fingerprint density at radius 2 is 1.69 bits per heavy atom. The van der Waals surface area contributed by atoms with Crippen LogP contribution in [0.2, 0.25) is 0 Å². The molecule has 0 N–H and O–H groups in total. The lowest BCUT2D eigenvalue weighted by Gasteiger charge is -2.11. The van der Waals surface area contributed by atoms with Gasteiger partial charge in [-0.2, -0.15) is 0 Å². The topological polar surface area (TPSA) is 48.0 Å². The van der Waals surface area contributed by atoms with Crippen LogP contribution in [0, 0.1) is 6.92 Å². The number of carbonyl (C=O) groups excluding carboxylic acids is 1. The molecule has 0 spiro atoms. The molecule has 7 heteroatoms. The van der Waals surface area contributed by atoms with Crippen LogP contribution in [0.25, 0.3) is 6.08 Å². The van der Waals surface area contributed by atoms with Crippen LogP contribution in [0.5, 0.6) is 11.5 Å². The second kappa shape index (κ2) is 10.4. The molecule has 3 rings (SSSR count). The maximum absolute atomic E-state index is 12.2. The summed E-state index contributed by atoms with van der Waals surface area (Å²) in [6.45, 7) is 3.86. The van der Waals surface area contributed by atoms with Gasteiger partial charge in [0.05, 0.1) is 18.1 Å². The van der Waals surface area contributed by atoms with Crippen LogP contribution in [0.3, 0.4) is 0 Å². The Morgan fingerprint density at radius 3 is 2.38 bits per heavy atom. The fourth-order valence-corrected chi connectivity index (χ4v) is 3.75. The van der Waals surface area contributed by atoms with Crippen molar-refractivity contribution >= 4 is 40.3 Å². The second-order valence-electron chi connectivity index (χ2n) is 6.40. The van der Waals surface area contributed by atoms with Crippen molar-refractivity contribution in [3.63, 3.8) is 0 Å². The van der Waals surface area contributed by atoms with Crippen LogP contribution in [-0.2, 0) is 9.53 Å². The lowest BCUT2D eigenvalue weighted by molar-refractivity contribution is -0.121. The Balaban J connectivity index is 1.43. The number of rotatable bonds is 9. The summed E-state index contributed by atoms with van der Waals surface area (Å²) < 4.78 is 17.6. The van der Waals surface area contributed by atoms with Gasteiger partial charge < -0.3 is 14.2 Å². The first-order valence-electron chi connectivity index (χ1n) is 9.25. The second-order valence-corrected chi connectivity index (χ2v) is 8.08. The van der Waals surface area contributed by atoms with Gasteiger partial charge >= 0.3 is 0 Å². The van der Waals surface area contributed by atoms with Crippen molar-refractivity contribution in [3.05, 3.63) is 64.6 Å². The van der Waals surface area contributed by atoms with E-state index >= 15 is 0 Å². The molecule has 1 amide bonds. The Morgan fingerprint density at radius 1 is 1.00 bits per heavy atom. The van der Waals surface area contributed by atoms with Gasteiger partial charge in [-0.1, -0.05) is 59.9 Å². The summed E-state index contributed by atoms with van der Waals surface area (Å²) in [6.07, 6.45) is 1.81. The van der Waals surface area contributed by atoms with Gasteiger partial charge in [-0.15, -0.1) is 0 Å². The first kappa shape index (κ1) is 21.4. The third kappa shape index (κ3) is 6.06. The molecule has 29 heavy (non-hydrogen) atoms. The Bertz CT molecular complexity index is 896. The SMILES string of the molecule is Cc1ccc(OCCOCCOc2ccccc2C=C2SC(=S)N(C)C2=O)cc1. The largest absolute Gasteiger partial charge is 0.491 e. The van der Waals surface area contributed by atoms with Crippen molar-refractivity contribution in [3.8, 4) is 11.5 Å². The quantitative estimate of drug-likeness (QED) is 0.337. The Hall–Kier alpha value is -2.35. The van der Waals surface area contributed by atoms with E-state index in [1.165, 1.54) is 22.2 Å². The van der Waals surface area contributed by atoms with Crippen LogP contribution in [0.4, 0.5) is 0 Å². The highest BCUT2D eigenvalue weighted by Crippen LogP contribution is 2.33. The predicted octanol–water partition coefficient (Wildman–Crippen LogP) is 4.30. The Kier molecular flexibility index (Phi) is 7.69. The molecule has 0 radical (unpaired) electrons. The molecule has 2 aromatic carbocycles.